The number of carbonyl (C=O) groups excluding carboxylic acids is 1. The van der Waals surface area contributed by atoms with Crippen LogP contribution >= 0.6 is 15.9 Å². The Kier molecular flexibility index (Phi) is 4.21. The van der Waals surface area contributed by atoms with Gasteiger partial charge < -0.3 is 5.32 Å². The van der Waals surface area contributed by atoms with Gasteiger partial charge in [0.25, 0.3) is 5.91 Å². The Morgan fingerprint density at radius 3 is 2.94 bits per heavy atom. The summed E-state index contributed by atoms with van der Waals surface area (Å²) < 4.78 is 0. The predicted molar refractivity (Wildman–Crippen MR) is 73.6 cm³/mol. The van der Waals surface area contributed by atoms with E-state index in [0.29, 0.717) is 10.7 Å². The summed E-state index contributed by atoms with van der Waals surface area (Å²) in [6, 6.07) is 7.72. The Morgan fingerprint density at radius 1 is 1.47 bits per heavy atom. The lowest BCUT2D eigenvalue weighted by Gasteiger charge is -2.11. The van der Waals surface area contributed by atoms with E-state index in [1.165, 1.54) is 19.3 Å². The van der Waals surface area contributed by atoms with Gasteiger partial charge in [-0.3, -0.25) is 4.79 Å². The smallest absolute Gasteiger partial charge is 0.251 e. The number of hydrogen-bond acceptors (Lipinski definition) is 1. The van der Waals surface area contributed by atoms with E-state index < -0.39 is 0 Å². The highest BCUT2D eigenvalue weighted by molar-refractivity contribution is 9.09. The van der Waals surface area contributed by atoms with Gasteiger partial charge in [0.05, 0.1) is 0 Å². The molecule has 2 rings (SSSR count). The molecule has 1 aromatic carbocycles. The molecule has 0 saturated heterocycles. The van der Waals surface area contributed by atoms with E-state index in [0.717, 1.165) is 17.7 Å². The summed E-state index contributed by atoms with van der Waals surface area (Å²) in [6.45, 7) is 2.80. The van der Waals surface area contributed by atoms with Gasteiger partial charge in [0.1, 0.15) is 0 Å². The van der Waals surface area contributed by atoms with Crippen LogP contribution in [0.15, 0.2) is 24.3 Å². The first-order chi connectivity index (χ1) is 8.15. The van der Waals surface area contributed by atoms with Gasteiger partial charge in [-0.25, -0.2) is 0 Å². The Hall–Kier alpha value is -0.830. The number of aryl methyl sites for hydroxylation is 1. The van der Waals surface area contributed by atoms with E-state index in [2.05, 4.69) is 21.2 Å². The fraction of sp³-hybridized carbons (Fsp3) is 0.500. The average molecular weight is 296 g/mol. The molecule has 2 unspecified atom stereocenters. The molecule has 1 aliphatic rings. The maximum atomic E-state index is 11.9. The van der Waals surface area contributed by atoms with Crippen molar-refractivity contribution in [3.63, 3.8) is 0 Å². The maximum Gasteiger partial charge on any atom is 0.251 e. The monoisotopic (exact) mass is 295 g/mol. The Morgan fingerprint density at radius 2 is 2.29 bits per heavy atom. The van der Waals surface area contributed by atoms with Crippen LogP contribution in [0, 0.1) is 12.8 Å². The molecule has 1 fully saturated rings. The van der Waals surface area contributed by atoms with Crippen molar-refractivity contribution in [3.8, 4) is 0 Å². The van der Waals surface area contributed by atoms with Gasteiger partial charge in [-0.05, 0) is 44.2 Å². The van der Waals surface area contributed by atoms with Crippen LogP contribution in [-0.2, 0) is 0 Å². The summed E-state index contributed by atoms with van der Waals surface area (Å²) in [5.74, 6) is 0.680. The van der Waals surface area contributed by atoms with Crippen LogP contribution in [0.3, 0.4) is 0 Å². The fourth-order valence-corrected chi connectivity index (χ4v) is 3.12. The second kappa shape index (κ2) is 5.67. The normalized spacial score (nSPS) is 23.6. The molecular weight excluding hydrogens is 278 g/mol. The van der Waals surface area contributed by atoms with Gasteiger partial charge in [0, 0.05) is 16.9 Å². The highest BCUT2D eigenvalue weighted by Gasteiger charge is 2.22. The zero-order valence-corrected chi connectivity index (χ0v) is 11.7. The van der Waals surface area contributed by atoms with E-state index in [-0.39, 0.29) is 5.91 Å². The summed E-state index contributed by atoms with van der Waals surface area (Å²) in [5, 5.41) is 3.03. The van der Waals surface area contributed by atoms with Crippen LogP contribution in [0.5, 0.6) is 0 Å². The Labute approximate surface area is 111 Å². The first-order valence-corrected chi connectivity index (χ1v) is 7.05. The first kappa shape index (κ1) is 12.6. The topological polar surface area (TPSA) is 29.1 Å². The fourth-order valence-electron chi connectivity index (χ4n) is 2.32. The van der Waals surface area contributed by atoms with E-state index in [1.54, 1.807) is 0 Å². The molecule has 1 amide bonds. The molecule has 1 aliphatic carbocycles. The van der Waals surface area contributed by atoms with Gasteiger partial charge in [-0.2, -0.15) is 0 Å². The van der Waals surface area contributed by atoms with Crippen LogP contribution in [-0.4, -0.2) is 17.3 Å². The molecular formula is C14H18BrNO. The molecule has 17 heavy (non-hydrogen) atoms. The summed E-state index contributed by atoms with van der Waals surface area (Å²) in [4.78, 5) is 12.6. The number of alkyl halides is 1. The second-order valence-corrected chi connectivity index (χ2v) is 6.15. The Balaban J connectivity index is 1.85. The van der Waals surface area contributed by atoms with Crippen LogP contribution in [0.1, 0.15) is 35.2 Å². The average Bonchev–Trinajstić information content (AvgIpc) is 2.72. The van der Waals surface area contributed by atoms with Gasteiger partial charge in [0.2, 0.25) is 0 Å². The molecule has 0 spiro atoms. The molecule has 0 heterocycles. The summed E-state index contributed by atoms with van der Waals surface area (Å²) >= 11 is 3.63. The molecule has 3 heteroatoms. The minimum Gasteiger partial charge on any atom is -0.352 e. The lowest BCUT2D eigenvalue weighted by molar-refractivity contribution is 0.0947. The maximum absolute atomic E-state index is 11.9. The van der Waals surface area contributed by atoms with Crippen molar-refractivity contribution >= 4 is 21.8 Å². The molecule has 0 aromatic heterocycles. The quantitative estimate of drug-likeness (QED) is 0.852. The first-order valence-electron chi connectivity index (χ1n) is 6.14. The number of hydrogen-bond donors (Lipinski definition) is 1. The van der Waals surface area contributed by atoms with Gasteiger partial charge in [-0.15, -0.1) is 0 Å². The molecule has 2 atom stereocenters. The lowest BCUT2D eigenvalue weighted by atomic mass is 10.1. The predicted octanol–water partition coefficient (Wildman–Crippen LogP) is 3.29. The number of nitrogens with one attached hydrogen (secondary N) is 1. The van der Waals surface area contributed by atoms with Crippen molar-refractivity contribution in [1.29, 1.82) is 0 Å². The van der Waals surface area contributed by atoms with Gasteiger partial charge in [0.15, 0.2) is 0 Å². The second-order valence-electron chi connectivity index (χ2n) is 4.86. The lowest BCUT2D eigenvalue weighted by Crippen LogP contribution is -2.28. The number of benzene rings is 1. The van der Waals surface area contributed by atoms with Gasteiger partial charge >= 0.3 is 0 Å². The number of rotatable bonds is 3. The molecule has 1 saturated carbocycles. The molecule has 1 N–H and O–H groups in total. The summed E-state index contributed by atoms with van der Waals surface area (Å²) in [5.41, 5.74) is 1.89. The highest BCUT2D eigenvalue weighted by Crippen LogP contribution is 2.30. The third kappa shape index (κ3) is 3.56. The zero-order chi connectivity index (χ0) is 12.3. The van der Waals surface area contributed by atoms with Crippen molar-refractivity contribution in [2.45, 2.75) is 31.0 Å². The number of amides is 1. The van der Waals surface area contributed by atoms with Gasteiger partial charge in [-0.1, -0.05) is 33.6 Å². The molecule has 92 valence electrons. The summed E-state index contributed by atoms with van der Waals surface area (Å²) in [6.07, 6.45) is 3.61. The number of halogens is 1. The zero-order valence-electron chi connectivity index (χ0n) is 10.1. The van der Waals surface area contributed by atoms with Crippen molar-refractivity contribution in [2.75, 3.05) is 6.54 Å². The van der Waals surface area contributed by atoms with Crippen molar-refractivity contribution in [2.24, 2.45) is 5.92 Å². The minimum atomic E-state index is 0.0479. The SMILES string of the molecule is Cc1cccc(C(=O)NCC2CCC(Br)C2)c1. The Bertz CT molecular complexity index is 405. The summed E-state index contributed by atoms with van der Waals surface area (Å²) in [7, 11) is 0. The molecule has 0 radical (unpaired) electrons. The largest absolute Gasteiger partial charge is 0.352 e. The van der Waals surface area contributed by atoms with Crippen molar-refractivity contribution in [3.05, 3.63) is 35.4 Å². The van der Waals surface area contributed by atoms with Crippen molar-refractivity contribution < 1.29 is 4.79 Å². The van der Waals surface area contributed by atoms with Crippen LogP contribution in [0.2, 0.25) is 0 Å². The van der Waals surface area contributed by atoms with E-state index >= 15 is 0 Å². The molecule has 0 aliphatic heterocycles. The van der Waals surface area contributed by atoms with Crippen LogP contribution < -0.4 is 5.32 Å². The van der Waals surface area contributed by atoms with E-state index in [1.807, 2.05) is 31.2 Å². The third-order valence-corrected chi connectivity index (χ3v) is 4.14. The molecule has 1 aromatic rings. The molecule has 0 bridgehead atoms. The van der Waals surface area contributed by atoms with E-state index in [4.69, 9.17) is 0 Å². The van der Waals surface area contributed by atoms with Crippen LogP contribution in [0.4, 0.5) is 0 Å². The van der Waals surface area contributed by atoms with Crippen LogP contribution in [0.25, 0.3) is 0 Å². The third-order valence-electron chi connectivity index (χ3n) is 3.31. The standard InChI is InChI=1S/C14H18BrNO/c1-10-3-2-4-12(7-10)14(17)16-9-11-5-6-13(15)8-11/h2-4,7,11,13H,5-6,8-9H2,1H3,(H,16,17). The van der Waals surface area contributed by atoms with E-state index in [9.17, 15) is 4.79 Å². The molecule has 2 nitrogen and oxygen atoms in total. The van der Waals surface area contributed by atoms with Crippen molar-refractivity contribution in [1.82, 2.24) is 5.32 Å². The minimum absolute atomic E-state index is 0.0479. The highest BCUT2D eigenvalue weighted by atomic mass is 79.9. The number of carbonyl (C=O) groups is 1.